The van der Waals surface area contributed by atoms with Gasteiger partial charge < -0.3 is 9.19 Å². The molecule has 1 N–H and O–H groups in total. The maximum Gasteiger partial charge on any atom is 0.0831 e. The molecule has 0 fully saturated rings. The summed E-state index contributed by atoms with van der Waals surface area (Å²) in [4.78, 5) is 7.10. The van der Waals surface area contributed by atoms with E-state index in [1.807, 2.05) is 12.2 Å². The standard InChI is InChI=1S/C8H7ClIN2OS/c1-14(13)8-11-6-2-4(9)5(10)3-7(6)12-8/h2-5H,1H2,(H,11,12)/q-1. The minimum atomic E-state index is -1.32. The molecule has 1 aliphatic carbocycles. The molecule has 2 unspecified atom stereocenters. The average Bonchev–Trinajstić information content (AvgIpc) is 2.48. The first-order valence-corrected chi connectivity index (χ1v) is 6.87. The number of aromatic amines is 1. The largest absolute Gasteiger partial charge is 0.455 e. The SMILES string of the molecule is C=[S-](=O)c1nc2c([nH]1)=CC(Cl)C(I)C=2. The van der Waals surface area contributed by atoms with Gasteiger partial charge >= 0.3 is 0 Å². The predicted molar refractivity (Wildman–Crippen MR) is 67.7 cm³/mol. The van der Waals surface area contributed by atoms with Crippen LogP contribution in [-0.4, -0.2) is 25.1 Å². The van der Waals surface area contributed by atoms with Gasteiger partial charge in [0.15, 0.2) is 0 Å². The smallest absolute Gasteiger partial charge is 0.0831 e. The molecule has 0 radical (unpaired) electrons. The Morgan fingerprint density at radius 3 is 3.00 bits per heavy atom. The summed E-state index contributed by atoms with van der Waals surface area (Å²) in [6.45, 7) is 0. The second-order valence-corrected chi connectivity index (χ2v) is 5.93. The Balaban J connectivity index is 2.69. The van der Waals surface area contributed by atoms with Gasteiger partial charge in [-0.1, -0.05) is 22.6 Å². The van der Waals surface area contributed by atoms with Gasteiger partial charge in [-0.3, -0.25) is 4.98 Å². The van der Waals surface area contributed by atoms with Gasteiger partial charge in [-0.25, -0.2) is 10.4 Å². The van der Waals surface area contributed by atoms with E-state index in [2.05, 4.69) is 38.4 Å². The number of aromatic nitrogens is 2. The summed E-state index contributed by atoms with van der Waals surface area (Å²) >= 11 is 8.29. The summed E-state index contributed by atoms with van der Waals surface area (Å²) in [5.41, 5.74) is 0. The maximum absolute atomic E-state index is 11.1. The quantitative estimate of drug-likeness (QED) is 0.342. The molecule has 14 heavy (non-hydrogen) atoms. The summed E-state index contributed by atoms with van der Waals surface area (Å²) in [7, 11) is -1.32. The highest BCUT2D eigenvalue weighted by Crippen LogP contribution is 2.16. The van der Waals surface area contributed by atoms with Crippen molar-refractivity contribution in [2.45, 2.75) is 14.5 Å². The molecule has 6 heteroatoms. The van der Waals surface area contributed by atoms with Crippen molar-refractivity contribution in [2.75, 3.05) is 0 Å². The van der Waals surface area contributed by atoms with Crippen molar-refractivity contribution in [3.8, 4) is 0 Å². The third kappa shape index (κ3) is 1.85. The molecule has 1 aromatic rings. The normalized spacial score (nSPS) is 25.4. The highest BCUT2D eigenvalue weighted by Gasteiger charge is 2.15. The molecule has 0 saturated heterocycles. The van der Waals surface area contributed by atoms with Crippen LogP contribution in [0.5, 0.6) is 0 Å². The lowest BCUT2D eigenvalue weighted by atomic mass is 10.2. The average molecular weight is 342 g/mol. The van der Waals surface area contributed by atoms with Crippen LogP contribution in [0.3, 0.4) is 0 Å². The zero-order valence-electron chi connectivity index (χ0n) is 7.04. The number of nitrogens with zero attached hydrogens (tertiary/aromatic N) is 1. The number of imidazole rings is 1. The second-order valence-electron chi connectivity index (χ2n) is 2.91. The fraction of sp³-hybridized carbons (Fsp3) is 0.250. The maximum atomic E-state index is 11.1. The molecule has 76 valence electrons. The highest BCUT2D eigenvalue weighted by molar-refractivity contribution is 14.1. The molecule has 1 heterocycles. The Morgan fingerprint density at radius 1 is 1.64 bits per heavy atom. The molecule has 0 bridgehead atoms. The molecule has 3 nitrogen and oxygen atoms in total. The van der Waals surface area contributed by atoms with Crippen LogP contribution in [0.2, 0.25) is 0 Å². The first-order chi connectivity index (χ1) is 6.58. The molecule has 0 aliphatic heterocycles. The fourth-order valence-electron chi connectivity index (χ4n) is 1.23. The molecular formula is C8H7ClIN2OS-. The Kier molecular flexibility index (Phi) is 2.90. The number of H-pyrrole nitrogens is 1. The summed E-state index contributed by atoms with van der Waals surface area (Å²) in [5, 5.41) is 2.00. The Bertz CT molecular complexity index is 503. The lowest BCUT2D eigenvalue weighted by molar-refractivity contribution is 0.600. The number of halogens is 2. The van der Waals surface area contributed by atoms with Crippen molar-refractivity contribution < 1.29 is 4.21 Å². The number of rotatable bonds is 1. The van der Waals surface area contributed by atoms with Crippen LogP contribution in [0.25, 0.3) is 12.2 Å². The molecule has 2 rings (SSSR count). The monoisotopic (exact) mass is 341 g/mol. The second kappa shape index (κ2) is 3.86. The third-order valence-electron chi connectivity index (χ3n) is 1.90. The zero-order valence-corrected chi connectivity index (χ0v) is 10.8. The molecule has 0 aromatic carbocycles. The Morgan fingerprint density at radius 2 is 2.36 bits per heavy atom. The lowest BCUT2D eigenvalue weighted by Crippen LogP contribution is -2.33. The van der Waals surface area contributed by atoms with E-state index in [4.69, 9.17) is 11.6 Å². The molecule has 2 atom stereocenters. The van der Waals surface area contributed by atoms with Crippen molar-refractivity contribution in [3.05, 3.63) is 10.7 Å². The van der Waals surface area contributed by atoms with Crippen molar-refractivity contribution in [3.63, 3.8) is 0 Å². The summed E-state index contributed by atoms with van der Waals surface area (Å²) < 4.78 is 11.3. The van der Waals surface area contributed by atoms with Gasteiger partial charge in [0, 0.05) is 5.16 Å². The van der Waals surface area contributed by atoms with Crippen LogP contribution in [0.4, 0.5) is 0 Å². The number of hydrogen-bond donors (Lipinski definition) is 1. The van der Waals surface area contributed by atoms with Crippen molar-refractivity contribution in [1.82, 2.24) is 9.97 Å². The van der Waals surface area contributed by atoms with Gasteiger partial charge in [-0.05, 0) is 12.2 Å². The molecular weight excluding hydrogens is 335 g/mol. The van der Waals surface area contributed by atoms with E-state index in [1.54, 1.807) is 0 Å². The van der Waals surface area contributed by atoms with Crippen molar-refractivity contribution in [1.29, 1.82) is 0 Å². The first-order valence-electron chi connectivity index (χ1n) is 3.87. The van der Waals surface area contributed by atoms with Crippen LogP contribution < -0.4 is 10.7 Å². The van der Waals surface area contributed by atoms with E-state index in [1.165, 1.54) is 0 Å². The minimum absolute atomic E-state index is 0.0466. The van der Waals surface area contributed by atoms with Gasteiger partial charge in [0.1, 0.15) is 0 Å². The van der Waals surface area contributed by atoms with E-state index in [9.17, 15) is 4.21 Å². The molecule has 0 amide bonds. The van der Waals surface area contributed by atoms with Gasteiger partial charge in [0.25, 0.3) is 0 Å². The van der Waals surface area contributed by atoms with Gasteiger partial charge in [0.05, 0.1) is 20.0 Å². The Labute approximate surface area is 101 Å². The third-order valence-corrected chi connectivity index (χ3v) is 4.48. The highest BCUT2D eigenvalue weighted by atomic mass is 127. The van der Waals surface area contributed by atoms with Gasteiger partial charge in [-0.15, -0.1) is 11.6 Å². The number of hydrogen-bond acceptors (Lipinski definition) is 3. The summed E-state index contributed by atoms with van der Waals surface area (Å²) in [5.74, 6) is 3.41. The van der Waals surface area contributed by atoms with Gasteiger partial charge in [-0.2, -0.15) is 5.87 Å². The zero-order chi connectivity index (χ0) is 10.3. The predicted octanol–water partition coefficient (Wildman–Crippen LogP) is 0.150. The summed E-state index contributed by atoms with van der Waals surface area (Å²) in [6.07, 6.45) is 3.85. The van der Waals surface area contributed by atoms with Crippen LogP contribution in [0.15, 0.2) is 5.16 Å². The van der Waals surface area contributed by atoms with E-state index in [-0.39, 0.29) is 9.30 Å². The van der Waals surface area contributed by atoms with Crippen molar-refractivity contribution in [2.24, 2.45) is 0 Å². The summed E-state index contributed by atoms with van der Waals surface area (Å²) in [6, 6.07) is 0. The molecule has 0 spiro atoms. The van der Waals surface area contributed by atoms with E-state index in [0.717, 1.165) is 10.7 Å². The first kappa shape index (κ1) is 10.5. The van der Waals surface area contributed by atoms with Crippen LogP contribution in [0.1, 0.15) is 0 Å². The van der Waals surface area contributed by atoms with Crippen LogP contribution in [0, 0.1) is 0 Å². The Hall–Kier alpha value is -0.0100. The van der Waals surface area contributed by atoms with Crippen molar-refractivity contribution >= 4 is 62.6 Å². The van der Waals surface area contributed by atoms with E-state index < -0.39 is 10.4 Å². The topological polar surface area (TPSA) is 45.8 Å². The van der Waals surface area contributed by atoms with E-state index >= 15 is 0 Å². The van der Waals surface area contributed by atoms with E-state index in [0.29, 0.717) is 5.16 Å². The lowest BCUT2D eigenvalue weighted by Gasteiger charge is -2.09. The number of alkyl halides is 2. The number of nitrogens with one attached hydrogen (secondary N) is 1. The molecule has 1 aliphatic rings. The molecule has 0 saturated carbocycles. The molecule has 1 aromatic heterocycles. The fourth-order valence-corrected chi connectivity index (χ4v) is 2.40. The minimum Gasteiger partial charge on any atom is -0.455 e. The number of fused-ring (bicyclic) bond motifs is 1. The van der Waals surface area contributed by atoms with Crippen LogP contribution >= 0.6 is 34.2 Å². The van der Waals surface area contributed by atoms with Crippen LogP contribution in [-0.2, 0) is 14.6 Å². The van der Waals surface area contributed by atoms with Gasteiger partial charge in [0.2, 0.25) is 0 Å².